The lowest BCUT2D eigenvalue weighted by molar-refractivity contribution is 0.0593. The van der Waals surface area contributed by atoms with Gasteiger partial charge in [-0.3, -0.25) is 4.79 Å². The maximum Gasteiger partial charge on any atom is 0.358 e. The first-order valence-corrected chi connectivity index (χ1v) is 8.32. The monoisotopic (exact) mass is 343 g/mol. The van der Waals surface area contributed by atoms with E-state index >= 15 is 0 Å². The van der Waals surface area contributed by atoms with E-state index in [-0.39, 0.29) is 17.7 Å². The number of nitrogens with zero attached hydrogens (tertiary/aromatic N) is 2. The minimum absolute atomic E-state index is 0.0932. The first-order valence-electron chi connectivity index (χ1n) is 8.32. The quantitative estimate of drug-likeness (QED) is 0.811. The topological polar surface area (TPSA) is 82.5 Å². The smallest absolute Gasteiger partial charge is 0.358 e. The molecule has 2 aromatic rings. The lowest BCUT2D eigenvalue weighted by atomic mass is 10.2. The number of carbonyl (C=O) groups is 2. The largest absolute Gasteiger partial charge is 0.464 e. The second-order valence-electron chi connectivity index (χ2n) is 5.83. The van der Waals surface area contributed by atoms with E-state index < -0.39 is 5.97 Å². The molecular formula is C18H21N3O4. The number of esters is 1. The molecule has 1 N–H and O–H groups in total. The Morgan fingerprint density at radius 1 is 1.36 bits per heavy atom. The molecule has 2 heterocycles. The van der Waals surface area contributed by atoms with Crippen LogP contribution in [0.5, 0.6) is 0 Å². The van der Waals surface area contributed by atoms with Gasteiger partial charge in [0.2, 0.25) is 0 Å². The summed E-state index contributed by atoms with van der Waals surface area (Å²) in [5.74, 6) is -0.868. The number of methoxy groups -OCH3 is 1. The van der Waals surface area contributed by atoms with E-state index in [4.69, 9.17) is 9.47 Å². The molecule has 0 radical (unpaired) electrons. The molecule has 1 fully saturated rings. The van der Waals surface area contributed by atoms with Crippen molar-refractivity contribution in [2.24, 2.45) is 0 Å². The highest BCUT2D eigenvalue weighted by atomic mass is 16.5. The van der Waals surface area contributed by atoms with Crippen molar-refractivity contribution in [3.63, 3.8) is 0 Å². The molecule has 0 spiro atoms. The van der Waals surface area contributed by atoms with Crippen LogP contribution in [0.4, 0.5) is 0 Å². The van der Waals surface area contributed by atoms with Crippen LogP contribution in [-0.4, -0.2) is 48.0 Å². The number of carbonyl (C=O) groups excluding carboxylic acids is 2. The van der Waals surface area contributed by atoms with E-state index in [1.807, 2.05) is 30.3 Å². The van der Waals surface area contributed by atoms with Gasteiger partial charge in [0, 0.05) is 19.2 Å². The Morgan fingerprint density at radius 3 is 2.84 bits per heavy atom. The van der Waals surface area contributed by atoms with Gasteiger partial charge in [0.15, 0.2) is 5.69 Å². The summed E-state index contributed by atoms with van der Waals surface area (Å²) in [4.78, 5) is 24.3. The number of ether oxygens (including phenoxy) is 2. The molecule has 7 nitrogen and oxygen atoms in total. The van der Waals surface area contributed by atoms with Gasteiger partial charge in [-0.1, -0.05) is 18.2 Å². The van der Waals surface area contributed by atoms with Crippen molar-refractivity contribution >= 4 is 11.9 Å². The van der Waals surface area contributed by atoms with Crippen LogP contribution in [0.25, 0.3) is 5.69 Å². The summed E-state index contributed by atoms with van der Waals surface area (Å²) in [6, 6.07) is 10.6. The van der Waals surface area contributed by atoms with E-state index in [1.165, 1.54) is 17.9 Å². The van der Waals surface area contributed by atoms with Gasteiger partial charge < -0.3 is 14.8 Å². The van der Waals surface area contributed by atoms with Crippen molar-refractivity contribution in [1.82, 2.24) is 15.1 Å². The first kappa shape index (κ1) is 17.2. The highest BCUT2D eigenvalue weighted by Crippen LogP contribution is 2.16. The van der Waals surface area contributed by atoms with Gasteiger partial charge in [0.25, 0.3) is 5.91 Å². The molecule has 1 aromatic carbocycles. The number of amides is 1. The summed E-state index contributed by atoms with van der Waals surface area (Å²) >= 11 is 0. The number of para-hydroxylation sites is 1. The zero-order valence-electron chi connectivity index (χ0n) is 14.1. The normalized spacial score (nSPS) is 16.6. The molecule has 1 aromatic heterocycles. The molecule has 1 aliphatic heterocycles. The van der Waals surface area contributed by atoms with Crippen molar-refractivity contribution in [2.75, 3.05) is 20.3 Å². The molecule has 0 unspecified atom stereocenters. The van der Waals surface area contributed by atoms with Crippen LogP contribution in [0.3, 0.4) is 0 Å². The van der Waals surface area contributed by atoms with E-state index in [9.17, 15) is 9.59 Å². The third-order valence-corrected chi connectivity index (χ3v) is 4.11. The third kappa shape index (κ3) is 4.06. The van der Waals surface area contributed by atoms with Crippen molar-refractivity contribution < 1.29 is 19.1 Å². The number of rotatable bonds is 6. The first-order chi connectivity index (χ1) is 12.2. The van der Waals surface area contributed by atoms with Gasteiger partial charge in [-0.25, -0.2) is 9.48 Å². The average Bonchev–Trinajstić information content (AvgIpc) is 3.31. The fraction of sp³-hybridized carbons (Fsp3) is 0.389. The fourth-order valence-corrected chi connectivity index (χ4v) is 2.82. The van der Waals surface area contributed by atoms with Crippen LogP contribution in [-0.2, 0) is 9.47 Å². The van der Waals surface area contributed by atoms with Gasteiger partial charge in [-0.15, -0.1) is 0 Å². The summed E-state index contributed by atoms with van der Waals surface area (Å²) in [5.41, 5.74) is 1.08. The molecule has 1 saturated heterocycles. The number of nitrogens with one attached hydrogen (secondary N) is 1. The summed E-state index contributed by atoms with van der Waals surface area (Å²) < 4.78 is 11.7. The minimum Gasteiger partial charge on any atom is -0.464 e. The van der Waals surface area contributed by atoms with E-state index in [1.54, 1.807) is 0 Å². The SMILES string of the molecule is COC(=O)c1cc(C(=O)NCC[C@@H]2CCCO2)n(-c2ccccc2)n1. The summed E-state index contributed by atoms with van der Waals surface area (Å²) in [6.07, 6.45) is 3.09. The minimum atomic E-state index is -0.580. The molecule has 132 valence electrons. The number of hydrogen-bond acceptors (Lipinski definition) is 5. The Hall–Kier alpha value is -2.67. The second-order valence-corrected chi connectivity index (χ2v) is 5.83. The molecule has 0 aliphatic carbocycles. The Morgan fingerprint density at radius 2 is 2.16 bits per heavy atom. The lowest BCUT2D eigenvalue weighted by Gasteiger charge is -2.11. The molecule has 0 bridgehead atoms. The number of aromatic nitrogens is 2. The van der Waals surface area contributed by atoms with Crippen molar-refractivity contribution in [3.05, 3.63) is 47.8 Å². The average molecular weight is 343 g/mol. The molecule has 3 rings (SSSR count). The summed E-state index contributed by atoms with van der Waals surface area (Å²) in [5, 5.41) is 7.09. The zero-order valence-corrected chi connectivity index (χ0v) is 14.1. The molecule has 7 heteroatoms. The maximum atomic E-state index is 12.6. The van der Waals surface area contributed by atoms with Crippen molar-refractivity contribution in [1.29, 1.82) is 0 Å². The molecule has 1 amide bonds. The summed E-state index contributed by atoms with van der Waals surface area (Å²) in [6.45, 7) is 1.30. The standard InChI is InChI=1S/C18H21N3O4/c1-24-18(23)15-12-16(21(20-15)13-6-3-2-4-7-13)17(22)19-10-9-14-8-5-11-25-14/h2-4,6-7,12,14H,5,8-11H2,1H3,(H,19,22)/t14-/m0/s1. The molecule has 1 aliphatic rings. The highest BCUT2D eigenvalue weighted by molar-refractivity contribution is 5.96. The Bertz CT molecular complexity index is 736. The number of benzene rings is 1. The third-order valence-electron chi connectivity index (χ3n) is 4.11. The second kappa shape index (κ2) is 7.94. The van der Waals surface area contributed by atoms with Gasteiger partial charge in [0.05, 0.1) is 18.9 Å². The van der Waals surface area contributed by atoms with Crippen LogP contribution in [0, 0.1) is 0 Å². The summed E-state index contributed by atoms with van der Waals surface area (Å²) in [7, 11) is 1.28. The van der Waals surface area contributed by atoms with Gasteiger partial charge in [-0.2, -0.15) is 5.10 Å². The van der Waals surface area contributed by atoms with Crippen LogP contribution in [0.1, 0.15) is 40.2 Å². The van der Waals surface area contributed by atoms with Crippen molar-refractivity contribution in [2.45, 2.75) is 25.4 Å². The van der Waals surface area contributed by atoms with Crippen LogP contribution >= 0.6 is 0 Å². The predicted molar refractivity (Wildman–Crippen MR) is 90.8 cm³/mol. The lowest BCUT2D eigenvalue weighted by Crippen LogP contribution is -2.28. The van der Waals surface area contributed by atoms with Crippen LogP contribution < -0.4 is 5.32 Å². The molecular weight excluding hydrogens is 322 g/mol. The maximum absolute atomic E-state index is 12.6. The predicted octanol–water partition coefficient (Wildman–Crippen LogP) is 1.96. The van der Waals surface area contributed by atoms with Gasteiger partial charge >= 0.3 is 5.97 Å². The van der Waals surface area contributed by atoms with Crippen molar-refractivity contribution in [3.8, 4) is 5.69 Å². The van der Waals surface area contributed by atoms with E-state index in [2.05, 4.69) is 10.4 Å². The van der Waals surface area contributed by atoms with E-state index in [0.29, 0.717) is 17.9 Å². The Kier molecular flexibility index (Phi) is 5.45. The Balaban J connectivity index is 1.76. The van der Waals surface area contributed by atoms with Crippen LogP contribution in [0.15, 0.2) is 36.4 Å². The number of hydrogen-bond donors (Lipinski definition) is 1. The van der Waals surface area contributed by atoms with Crippen LogP contribution in [0.2, 0.25) is 0 Å². The zero-order chi connectivity index (χ0) is 17.6. The molecule has 1 atom stereocenters. The Labute approximate surface area is 145 Å². The molecule has 0 saturated carbocycles. The van der Waals surface area contributed by atoms with Gasteiger partial charge in [-0.05, 0) is 31.4 Å². The fourth-order valence-electron chi connectivity index (χ4n) is 2.82. The van der Waals surface area contributed by atoms with Gasteiger partial charge in [0.1, 0.15) is 5.69 Å². The van der Waals surface area contributed by atoms with E-state index in [0.717, 1.165) is 25.9 Å². The highest BCUT2D eigenvalue weighted by Gasteiger charge is 2.21. The molecule has 25 heavy (non-hydrogen) atoms.